The summed E-state index contributed by atoms with van der Waals surface area (Å²) in [6.07, 6.45) is 99.5. The van der Waals surface area contributed by atoms with Crippen molar-refractivity contribution >= 4 is 33.6 Å². The molecule has 0 aliphatic carbocycles. The number of aliphatic hydroxyl groups excluding tert-OH is 2. The van der Waals surface area contributed by atoms with Crippen LogP contribution in [0.25, 0.3) is 0 Å². The molecule has 0 radical (unpaired) electrons. The number of phosphoric ester groups is 2. The van der Waals surface area contributed by atoms with Gasteiger partial charge in [-0.25, -0.2) is 9.13 Å². The fourth-order valence-electron chi connectivity index (χ4n) is 11.5. The first-order valence-electron chi connectivity index (χ1n) is 42.5. The third-order valence-corrected chi connectivity index (χ3v) is 19.8. The summed E-state index contributed by atoms with van der Waals surface area (Å²) >= 11 is 0. The first-order chi connectivity index (χ1) is 52.2. The second-order valence-electron chi connectivity index (χ2n) is 28.2. The van der Waals surface area contributed by atoms with E-state index in [2.05, 4.69) is 154 Å². The molecule has 107 heavy (non-hydrogen) atoms. The topological polar surface area (TPSA) is 231 Å². The Kier molecular flexibility index (Phi) is 77.9. The van der Waals surface area contributed by atoms with Crippen LogP contribution in [-0.2, 0) is 55.8 Å². The van der Waals surface area contributed by atoms with Gasteiger partial charge in [0.15, 0.2) is 6.10 Å². The Morgan fingerprint density at radius 1 is 0.271 bits per heavy atom. The fraction of sp³-hybridized carbons (Fsp3) is 0.719. The van der Waals surface area contributed by atoms with Crippen molar-refractivity contribution in [3.63, 3.8) is 0 Å². The zero-order valence-electron chi connectivity index (χ0n) is 67.5. The maximum atomic E-state index is 12.9. The van der Waals surface area contributed by atoms with Gasteiger partial charge in [0.05, 0.1) is 26.4 Å². The molecule has 0 spiro atoms. The number of unbranched alkanes of at least 4 members (excludes halogenated alkanes) is 35. The van der Waals surface area contributed by atoms with E-state index in [1.54, 1.807) is 0 Å². The van der Waals surface area contributed by atoms with E-state index >= 15 is 0 Å². The van der Waals surface area contributed by atoms with Gasteiger partial charge in [-0.3, -0.25) is 32.5 Å². The van der Waals surface area contributed by atoms with Crippen molar-refractivity contribution in [2.24, 2.45) is 0 Å². The number of allylic oxidation sites excluding steroid dienone is 22. The van der Waals surface area contributed by atoms with Gasteiger partial charge in [0.1, 0.15) is 25.4 Å². The van der Waals surface area contributed by atoms with Crippen molar-refractivity contribution in [2.75, 3.05) is 39.6 Å². The summed E-state index contributed by atoms with van der Waals surface area (Å²) in [5.41, 5.74) is 0. The molecule has 0 amide bonds. The largest absolute Gasteiger partial charge is 0.472 e. The standard InChI is InChI=1S/C89H154O16P2/c1-4-7-10-13-16-19-22-24-26-28-30-32-34-36-38-40-41-43-45-46-48-50-52-54-56-58-61-63-66-69-72-75-87(92)99-78-84(90)79-101-106(95,96)102-80-85(91)81-103-107(97,98)104-83-86(105-89(94)77-74-71-68-65-60-21-18-15-12-9-6-3)82-100-88(93)76-73-70-67-64-62-59-57-55-53-51-49-47-44-42-39-37-35-33-31-29-27-25-23-20-17-14-11-8-5-2/h7-8,10-11,16-17,19-20,24-27,30-33,36-39,44,47,84-86,90-91H,4-6,9,12-15,18,21-23,28-29,34-35,40-43,45-46,48-83H2,1-3H3,(H,95,96)(H,97,98)/b10-7-,11-8-,19-16-,20-17-,26-24-,27-25-,32-30-,33-31-,38-36-,39-37-,47-44-. The molecule has 0 aromatic carbocycles. The smallest absolute Gasteiger partial charge is 0.463 e. The van der Waals surface area contributed by atoms with Crippen molar-refractivity contribution < 1.29 is 75.8 Å². The van der Waals surface area contributed by atoms with Crippen LogP contribution in [0.3, 0.4) is 0 Å². The van der Waals surface area contributed by atoms with Crippen molar-refractivity contribution in [1.82, 2.24) is 0 Å². The highest BCUT2D eigenvalue weighted by atomic mass is 31.2. The summed E-state index contributed by atoms with van der Waals surface area (Å²) in [7, 11) is -9.78. The lowest BCUT2D eigenvalue weighted by molar-refractivity contribution is -0.161. The van der Waals surface area contributed by atoms with E-state index in [-0.39, 0.29) is 19.3 Å². The highest BCUT2D eigenvalue weighted by molar-refractivity contribution is 7.47. The molecule has 0 heterocycles. The third kappa shape index (κ3) is 82.5. The number of hydrogen-bond donors (Lipinski definition) is 4. The van der Waals surface area contributed by atoms with Crippen LogP contribution in [0.5, 0.6) is 0 Å². The molecule has 0 aromatic rings. The van der Waals surface area contributed by atoms with Gasteiger partial charge in [0.25, 0.3) is 0 Å². The number of carbonyl (C=O) groups is 3. The van der Waals surface area contributed by atoms with Gasteiger partial charge in [-0.15, -0.1) is 0 Å². The summed E-state index contributed by atoms with van der Waals surface area (Å²) in [6.45, 7) is 2.47. The fourth-order valence-corrected chi connectivity index (χ4v) is 13.1. The van der Waals surface area contributed by atoms with Gasteiger partial charge in [0.2, 0.25) is 0 Å². The van der Waals surface area contributed by atoms with Gasteiger partial charge >= 0.3 is 33.6 Å². The lowest BCUT2D eigenvalue weighted by atomic mass is 10.0. The quantitative estimate of drug-likeness (QED) is 0.0146. The second-order valence-corrected chi connectivity index (χ2v) is 31.1. The van der Waals surface area contributed by atoms with Gasteiger partial charge in [0, 0.05) is 19.3 Å². The van der Waals surface area contributed by atoms with E-state index in [4.69, 9.17) is 32.3 Å². The molecule has 0 saturated carbocycles. The van der Waals surface area contributed by atoms with Crippen LogP contribution in [0.1, 0.15) is 355 Å². The van der Waals surface area contributed by atoms with E-state index < -0.39 is 91.5 Å². The normalized spacial score (nSPS) is 14.6. The van der Waals surface area contributed by atoms with E-state index in [9.17, 15) is 43.5 Å². The number of aliphatic hydroxyl groups is 2. The summed E-state index contributed by atoms with van der Waals surface area (Å²) in [4.78, 5) is 58.7. The summed E-state index contributed by atoms with van der Waals surface area (Å²) in [5.74, 6) is -1.57. The molecule has 0 rings (SSSR count). The molecule has 0 saturated heterocycles. The van der Waals surface area contributed by atoms with Gasteiger partial charge < -0.3 is 34.2 Å². The van der Waals surface area contributed by atoms with Crippen LogP contribution in [0.4, 0.5) is 0 Å². The number of ether oxygens (including phenoxy) is 3. The summed E-state index contributed by atoms with van der Waals surface area (Å²) in [6, 6.07) is 0. The first-order valence-corrected chi connectivity index (χ1v) is 45.5. The SMILES string of the molecule is CC/C=C\C/C=C\C/C=C\C/C=C\C/C=C\C/C=C\CCCCCCCCCCCCC(=O)OCC(COP(=O)(O)OCC(O)COP(=O)(O)OCC(O)COC(=O)CCCCCCCCCCCCCCCCC/C=C\C/C=C\C/C=C\C/C=C\C/C=C\CC)OC(=O)CCCCCCCCCCCCC. The Hall–Kier alpha value is -4.31. The molecule has 16 nitrogen and oxygen atoms in total. The Bertz CT molecular complexity index is 2480. The van der Waals surface area contributed by atoms with Crippen molar-refractivity contribution in [3.8, 4) is 0 Å². The predicted octanol–water partition coefficient (Wildman–Crippen LogP) is 25.4. The van der Waals surface area contributed by atoms with Crippen LogP contribution >= 0.6 is 15.6 Å². The predicted molar refractivity (Wildman–Crippen MR) is 445 cm³/mol. The van der Waals surface area contributed by atoms with Gasteiger partial charge in [-0.1, -0.05) is 353 Å². The summed E-state index contributed by atoms with van der Waals surface area (Å²) < 4.78 is 61.2. The monoisotopic (exact) mass is 1540 g/mol. The van der Waals surface area contributed by atoms with Gasteiger partial charge in [-0.05, 0) is 116 Å². The molecule has 0 aliphatic heterocycles. The van der Waals surface area contributed by atoms with E-state index in [0.29, 0.717) is 19.3 Å². The van der Waals surface area contributed by atoms with E-state index in [1.807, 2.05) is 0 Å². The maximum Gasteiger partial charge on any atom is 0.472 e. The third-order valence-electron chi connectivity index (χ3n) is 17.9. The molecule has 5 atom stereocenters. The number of hydrogen-bond acceptors (Lipinski definition) is 14. The zero-order chi connectivity index (χ0) is 78.0. The number of phosphoric acid groups is 2. The van der Waals surface area contributed by atoms with Gasteiger partial charge in [-0.2, -0.15) is 0 Å². The molecule has 5 unspecified atom stereocenters. The van der Waals surface area contributed by atoms with Crippen molar-refractivity contribution in [1.29, 1.82) is 0 Å². The van der Waals surface area contributed by atoms with Crippen molar-refractivity contribution in [2.45, 2.75) is 373 Å². The second kappa shape index (κ2) is 81.2. The van der Waals surface area contributed by atoms with Crippen LogP contribution in [0, 0.1) is 0 Å². The highest BCUT2D eigenvalue weighted by Crippen LogP contribution is 2.45. The molecule has 0 aromatic heterocycles. The molecule has 0 bridgehead atoms. The number of carbonyl (C=O) groups excluding carboxylic acids is 3. The minimum absolute atomic E-state index is 0.105. The number of rotatable bonds is 80. The zero-order valence-corrected chi connectivity index (χ0v) is 69.3. The molecular formula is C89H154O16P2. The Balaban J connectivity index is 4.40. The average Bonchev–Trinajstić information content (AvgIpc) is 0.908. The summed E-state index contributed by atoms with van der Waals surface area (Å²) in [5, 5.41) is 20.7. The minimum Gasteiger partial charge on any atom is -0.463 e. The first kappa shape index (κ1) is 103. The van der Waals surface area contributed by atoms with E-state index in [1.165, 1.54) is 148 Å². The maximum absolute atomic E-state index is 12.9. The van der Waals surface area contributed by atoms with Crippen LogP contribution in [0.2, 0.25) is 0 Å². The van der Waals surface area contributed by atoms with Crippen LogP contribution in [0.15, 0.2) is 134 Å². The molecule has 4 N–H and O–H groups in total. The Morgan fingerprint density at radius 2 is 0.495 bits per heavy atom. The van der Waals surface area contributed by atoms with Crippen LogP contribution in [-0.4, -0.2) is 95.9 Å². The lowest BCUT2D eigenvalue weighted by Crippen LogP contribution is -2.30. The number of esters is 3. The average molecular weight is 1540 g/mol. The Morgan fingerprint density at radius 3 is 0.785 bits per heavy atom. The Labute approximate surface area is 652 Å². The molecule has 0 fully saturated rings. The molecule has 0 aliphatic rings. The van der Waals surface area contributed by atoms with Crippen molar-refractivity contribution in [3.05, 3.63) is 134 Å². The van der Waals surface area contributed by atoms with Crippen LogP contribution < -0.4 is 0 Å². The highest BCUT2D eigenvalue weighted by Gasteiger charge is 2.29. The lowest BCUT2D eigenvalue weighted by Gasteiger charge is -2.21. The molecule has 616 valence electrons. The molecule has 18 heteroatoms. The molecular weight excluding hydrogens is 1390 g/mol. The van der Waals surface area contributed by atoms with E-state index in [0.717, 1.165) is 148 Å². The minimum atomic E-state index is -4.93.